The van der Waals surface area contributed by atoms with Crippen LogP contribution < -0.4 is 0 Å². The average Bonchev–Trinajstić information content (AvgIpc) is 3.26. The van der Waals surface area contributed by atoms with Gasteiger partial charge >= 0.3 is 0 Å². The number of carbonyl (C=O) groups is 4. The molecule has 0 unspecified atom stereocenters. The third-order valence-electron chi connectivity index (χ3n) is 10.9. The van der Waals surface area contributed by atoms with Gasteiger partial charge in [0.05, 0.1) is 17.3 Å². The number of aryl methyl sites for hydroxylation is 2. The quantitative estimate of drug-likeness (QED) is 0.249. The SMILES string of the molecule is CCC(=O)[C@@H]1C[C@]23CCC(=O)CC(C)(C)CCCCc4cc(-c5cnc6cc(C)nn6c5)cc5c(C(C)=O)nn(c45)CC(=O)N1[C@@H]2C3. The number of Topliss-reactive ketones (excluding diaryl/α,β-unsaturated/α-hetero) is 3. The number of rotatable bonds is 4. The zero-order chi connectivity index (χ0) is 33.2. The molecule has 5 heterocycles. The number of fused-ring (bicyclic) bond motifs is 1. The highest BCUT2D eigenvalue weighted by molar-refractivity contribution is 6.07. The van der Waals surface area contributed by atoms with Crippen molar-refractivity contribution in [3.8, 4) is 11.1 Å². The second kappa shape index (κ2) is 11.5. The van der Waals surface area contributed by atoms with Crippen LogP contribution in [-0.2, 0) is 27.3 Å². The van der Waals surface area contributed by atoms with E-state index in [1.54, 1.807) is 14.1 Å². The summed E-state index contributed by atoms with van der Waals surface area (Å²) in [6, 6.07) is 5.51. The summed E-state index contributed by atoms with van der Waals surface area (Å²) in [5.41, 5.74) is 5.23. The van der Waals surface area contributed by atoms with E-state index in [9.17, 15) is 19.2 Å². The van der Waals surface area contributed by atoms with Crippen LogP contribution in [0.3, 0.4) is 0 Å². The van der Waals surface area contributed by atoms with Crippen molar-refractivity contribution in [1.29, 1.82) is 0 Å². The van der Waals surface area contributed by atoms with Gasteiger partial charge in [-0.1, -0.05) is 27.2 Å². The van der Waals surface area contributed by atoms with Gasteiger partial charge in [0.1, 0.15) is 18.0 Å². The Hall–Kier alpha value is -4.21. The number of amides is 1. The highest BCUT2D eigenvalue weighted by Crippen LogP contribution is 2.62. The fourth-order valence-electron chi connectivity index (χ4n) is 8.37. The maximum Gasteiger partial charge on any atom is 0.245 e. The van der Waals surface area contributed by atoms with Crippen molar-refractivity contribution in [1.82, 2.24) is 29.3 Å². The first-order chi connectivity index (χ1) is 22.4. The number of piperidine rings is 1. The third kappa shape index (κ3) is 5.69. The predicted octanol–water partition coefficient (Wildman–Crippen LogP) is 6.09. The molecule has 3 aliphatic rings. The Bertz CT molecular complexity index is 1950. The number of aromatic nitrogens is 5. The lowest BCUT2D eigenvalue weighted by atomic mass is 9.80. The predicted molar refractivity (Wildman–Crippen MR) is 178 cm³/mol. The molecule has 1 amide bonds. The molecule has 7 rings (SSSR count). The second-order valence-corrected chi connectivity index (χ2v) is 15.0. The van der Waals surface area contributed by atoms with Gasteiger partial charge in [-0.3, -0.25) is 23.9 Å². The van der Waals surface area contributed by atoms with Crippen LogP contribution in [0.5, 0.6) is 0 Å². The van der Waals surface area contributed by atoms with E-state index in [0.29, 0.717) is 49.6 Å². The highest BCUT2D eigenvalue weighted by Gasteiger charge is 2.66. The van der Waals surface area contributed by atoms with Crippen LogP contribution in [0.2, 0.25) is 0 Å². The summed E-state index contributed by atoms with van der Waals surface area (Å²) in [5, 5.41) is 10.0. The zero-order valence-corrected chi connectivity index (χ0v) is 28.1. The summed E-state index contributed by atoms with van der Waals surface area (Å²) in [4.78, 5) is 60.1. The molecule has 3 aromatic heterocycles. The minimum absolute atomic E-state index is 0.0412. The summed E-state index contributed by atoms with van der Waals surface area (Å²) in [7, 11) is 0. The molecule has 2 fully saturated rings. The molecule has 246 valence electrons. The Labute approximate surface area is 274 Å². The molecule has 0 spiro atoms. The normalized spacial score (nSPS) is 24.8. The van der Waals surface area contributed by atoms with Gasteiger partial charge in [0.15, 0.2) is 17.2 Å². The molecule has 0 radical (unpaired) electrons. The van der Waals surface area contributed by atoms with Crippen LogP contribution in [0.1, 0.15) is 107 Å². The van der Waals surface area contributed by atoms with E-state index < -0.39 is 6.04 Å². The Kier molecular flexibility index (Phi) is 7.67. The van der Waals surface area contributed by atoms with Gasteiger partial charge < -0.3 is 4.90 Å². The molecule has 10 heteroatoms. The highest BCUT2D eigenvalue weighted by atomic mass is 16.2. The van der Waals surface area contributed by atoms with Crippen LogP contribution >= 0.6 is 0 Å². The fraction of sp³-hybridized carbons (Fsp3) is 0.541. The van der Waals surface area contributed by atoms with Crippen LogP contribution in [0.15, 0.2) is 30.6 Å². The van der Waals surface area contributed by atoms with Gasteiger partial charge in [0.2, 0.25) is 5.91 Å². The molecular weight excluding hydrogens is 592 g/mol. The number of benzene rings is 1. The van der Waals surface area contributed by atoms with Gasteiger partial charge in [-0.2, -0.15) is 10.2 Å². The molecule has 1 saturated carbocycles. The van der Waals surface area contributed by atoms with Crippen molar-refractivity contribution in [3.05, 3.63) is 47.5 Å². The molecule has 0 N–H and O–H groups in total. The number of ketones is 3. The van der Waals surface area contributed by atoms with Crippen molar-refractivity contribution in [3.63, 3.8) is 0 Å². The molecule has 47 heavy (non-hydrogen) atoms. The molecule has 1 aromatic carbocycles. The lowest BCUT2D eigenvalue weighted by molar-refractivity contribution is -0.139. The lowest BCUT2D eigenvalue weighted by Crippen LogP contribution is -2.44. The molecule has 3 atom stereocenters. The standard InChI is InChI=1S/C37H44N6O4/c1-6-30(46)29-17-37-12-10-27(45)16-36(4,5)11-8-7-9-24-14-25(26-19-38-32-13-22(2)39-41(32)20-26)15-28-34(23(3)44)40-42(35(24)28)21-33(47)43(29)31(37)18-37/h13-15,19-20,29,31H,6-12,16-18,21H2,1-5H3/t29-,31+,37-/m0/s1. The molecular formula is C37H44N6O4. The van der Waals surface area contributed by atoms with Crippen LogP contribution in [0.25, 0.3) is 27.7 Å². The van der Waals surface area contributed by atoms with Gasteiger partial charge in [0, 0.05) is 61.6 Å². The number of carbonyl (C=O) groups excluding carboxylic acids is 4. The van der Waals surface area contributed by atoms with Crippen LogP contribution in [0, 0.1) is 17.8 Å². The molecule has 1 aliphatic carbocycles. The summed E-state index contributed by atoms with van der Waals surface area (Å²) in [5.74, 6) is 0.00306. The first-order valence-corrected chi connectivity index (χ1v) is 17.1. The molecule has 2 aliphatic heterocycles. The minimum Gasteiger partial charge on any atom is -0.327 e. The van der Waals surface area contributed by atoms with Gasteiger partial charge in [-0.25, -0.2) is 9.50 Å². The Morgan fingerprint density at radius 2 is 1.81 bits per heavy atom. The molecule has 10 nitrogen and oxygen atoms in total. The van der Waals surface area contributed by atoms with E-state index in [1.807, 2.05) is 38.4 Å². The topological polar surface area (TPSA) is 120 Å². The number of nitrogens with zero attached hydrogens (tertiary/aromatic N) is 6. The van der Waals surface area contributed by atoms with E-state index in [4.69, 9.17) is 5.10 Å². The summed E-state index contributed by atoms with van der Waals surface area (Å²) >= 11 is 0. The monoisotopic (exact) mass is 636 g/mol. The third-order valence-corrected chi connectivity index (χ3v) is 10.9. The Balaban J connectivity index is 1.34. The molecule has 4 aromatic rings. The van der Waals surface area contributed by atoms with Gasteiger partial charge in [0.25, 0.3) is 0 Å². The van der Waals surface area contributed by atoms with Crippen molar-refractivity contribution in [2.45, 2.75) is 117 Å². The first kappa shape index (κ1) is 31.4. The Morgan fingerprint density at radius 1 is 1.00 bits per heavy atom. The van der Waals surface area contributed by atoms with E-state index in [-0.39, 0.29) is 46.7 Å². The summed E-state index contributed by atoms with van der Waals surface area (Å²) < 4.78 is 3.47. The summed E-state index contributed by atoms with van der Waals surface area (Å²) in [6.07, 6.45) is 10.8. The second-order valence-electron chi connectivity index (χ2n) is 15.0. The van der Waals surface area contributed by atoms with Crippen LogP contribution in [-0.4, -0.2) is 64.6 Å². The number of hydrogen-bond acceptors (Lipinski definition) is 7. The maximum atomic E-state index is 14.2. The van der Waals surface area contributed by atoms with Crippen molar-refractivity contribution in [2.75, 3.05) is 0 Å². The molecule has 2 bridgehead atoms. The van der Waals surface area contributed by atoms with E-state index in [2.05, 4.69) is 30.0 Å². The zero-order valence-electron chi connectivity index (χ0n) is 28.1. The van der Waals surface area contributed by atoms with E-state index in [1.165, 1.54) is 6.92 Å². The van der Waals surface area contributed by atoms with E-state index >= 15 is 0 Å². The fourth-order valence-corrected chi connectivity index (χ4v) is 8.37. The maximum absolute atomic E-state index is 14.2. The van der Waals surface area contributed by atoms with Crippen LogP contribution in [0.4, 0.5) is 0 Å². The first-order valence-electron chi connectivity index (χ1n) is 17.1. The van der Waals surface area contributed by atoms with Gasteiger partial charge in [-0.05, 0) is 79.5 Å². The average molecular weight is 637 g/mol. The Morgan fingerprint density at radius 3 is 2.57 bits per heavy atom. The van der Waals surface area contributed by atoms with Crippen molar-refractivity contribution < 1.29 is 19.2 Å². The molecule has 1 saturated heterocycles. The largest absolute Gasteiger partial charge is 0.327 e. The van der Waals surface area contributed by atoms with Crippen molar-refractivity contribution in [2.24, 2.45) is 10.8 Å². The number of hydrogen-bond donors (Lipinski definition) is 0. The minimum atomic E-state index is -0.481. The smallest absolute Gasteiger partial charge is 0.245 e. The van der Waals surface area contributed by atoms with E-state index in [0.717, 1.165) is 59.2 Å². The van der Waals surface area contributed by atoms with Crippen molar-refractivity contribution >= 4 is 39.8 Å². The van der Waals surface area contributed by atoms with Gasteiger partial charge in [-0.15, -0.1) is 0 Å². The summed E-state index contributed by atoms with van der Waals surface area (Å²) in [6.45, 7) is 9.59. The lowest BCUT2D eigenvalue weighted by Gasteiger charge is -2.27.